The van der Waals surface area contributed by atoms with E-state index in [1.807, 2.05) is 0 Å². The predicted molar refractivity (Wildman–Crippen MR) is 126 cm³/mol. The zero-order valence-corrected chi connectivity index (χ0v) is 19.4. The van der Waals surface area contributed by atoms with E-state index in [9.17, 15) is 27.5 Å². The third-order valence-electron chi connectivity index (χ3n) is 6.01. The summed E-state index contributed by atoms with van der Waals surface area (Å²) in [5, 5.41) is 12.9. The second-order valence-corrected chi connectivity index (χ2v) is 10.1. The molecule has 1 atom stereocenters. The van der Waals surface area contributed by atoms with Crippen LogP contribution >= 0.6 is 0 Å². The van der Waals surface area contributed by atoms with Crippen LogP contribution in [-0.2, 0) is 28.0 Å². The van der Waals surface area contributed by atoms with Crippen LogP contribution in [0.3, 0.4) is 0 Å². The summed E-state index contributed by atoms with van der Waals surface area (Å²) in [5.41, 5.74) is -0.681. The van der Waals surface area contributed by atoms with Gasteiger partial charge in [0.05, 0.1) is 19.3 Å². The minimum atomic E-state index is -3.87. The maximum Gasteiger partial charge on any atom is 0.296 e. The molecule has 0 spiro atoms. The van der Waals surface area contributed by atoms with Crippen molar-refractivity contribution in [3.05, 3.63) is 57.5 Å². The number of ether oxygens (including phenoxy) is 1. The fourth-order valence-electron chi connectivity index (χ4n) is 4.09. The lowest BCUT2D eigenvalue weighted by Gasteiger charge is -2.36. The monoisotopic (exact) mass is 511 g/mol. The van der Waals surface area contributed by atoms with Gasteiger partial charge in [-0.05, 0) is 30.5 Å². The fraction of sp³-hybridized carbons (Fsp3) is 0.500. The van der Waals surface area contributed by atoms with E-state index >= 15 is 0 Å². The number of carbonyl (C=O) groups is 1. The molecule has 1 saturated heterocycles. The number of nitrogens with zero attached hydrogens (tertiary/aromatic N) is 4. The van der Waals surface area contributed by atoms with Gasteiger partial charge in [0.1, 0.15) is 11.6 Å². The molecule has 11 nitrogen and oxygen atoms in total. The highest BCUT2D eigenvalue weighted by Crippen LogP contribution is 2.31. The van der Waals surface area contributed by atoms with E-state index < -0.39 is 45.0 Å². The van der Waals surface area contributed by atoms with Crippen LogP contribution in [-0.4, -0.2) is 70.9 Å². The first kappa shape index (κ1) is 26.7. The van der Waals surface area contributed by atoms with Gasteiger partial charge in [0.15, 0.2) is 5.69 Å². The Hall–Kier alpha value is -2.87. The van der Waals surface area contributed by atoms with E-state index in [1.165, 1.54) is 40.2 Å². The van der Waals surface area contributed by atoms with Crippen molar-refractivity contribution < 1.29 is 27.4 Å². The van der Waals surface area contributed by atoms with E-state index in [4.69, 9.17) is 4.74 Å². The first-order valence-electron chi connectivity index (χ1n) is 10.9. The summed E-state index contributed by atoms with van der Waals surface area (Å²) in [6, 6.07) is 4.69. The minimum Gasteiger partial charge on any atom is -0.501 e. The molecule has 1 fully saturated rings. The average Bonchev–Trinajstić information content (AvgIpc) is 2.85. The van der Waals surface area contributed by atoms with Crippen molar-refractivity contribution in [1.29, 1.82) is 0 Å². The highest BCUT2D eigenvalue weighted by Gasteiger charge is 2.38. The summed E-state index contributed by atoms with van der Waals surface area (Å²) >= 11 is 0. The van der Waals surface area contributed by atoms with E-state index in [2.05, 4.69) is 10.3 Å². The smallest absolute Gasteiger partial charge is 0.296 e. The van der Waals surface area contributed by atoms with Crippen molar-refractivity contribution in [3.8, 4) is 5.75 Å². The number of halogens is 1. The lowest BCUT2D eigenvalue weighted by Crippen LogP contribution is -2.49. The highest BCUT2D eigenvalue weighted by atomic mass is 32.2. The van der Waals surface area contributed by atoms with Crippen molar-refractivity contribution in [3.63, 3.8) is 0 Å². The third-order valence-corrected chi connectivity index (χ3v) is 8.01. The zero-order chi connectivity index (χ0) is 24.5. The second kappa shape index (κ2) is 10.8. The summed E-state index contributed by atoms with van der Waals surface area (Å²) in [5.74, 6) is -1.93. The van der Waals surface area contributed by atoms with Crippen LogP contribution < -0.4 is 10.9 Å². The molecular weight excluding hydrogens is 481 g/mol. The van der Waals surface area contributed by atoms with Gasteiger partial charge in [0, 0.05) is 33.2 Å². The van der Waals surface area contributed by atoms with Crippen molar-refractivity contribution in [2.45, 2.75) is 39.4 Å². The maximum atomic E-state index is 13.2. The van der Waals surface area contributed by atoms with E-state index in [-0.39, 0.29) is 52.6 Å². The second-order valence-electron chi connectivity index (χ2n) is 8.13. The molecule has 2 aromatic rings. The number of amides is 1. The maximum absolute atomic E-state index is 13.2. The van der Waals surface area contributed by atoms with Gasteiger partial charge >= 0.3 is 0 Å². The van der Waals surface area contributed by atoms with E-state index in [1.54, 1.807) is 0 Å². The van der Waals surface area contributed by atoms with Gasteiger partial charge in [0.2, 0.25) is 5.75 Å². The number of fused-ring (bicyclic) bond motifs is 1. The van der Waals surface area contributed by atoms with Crippen LogP contribution in [0.4, 0.5) is 4.39 Å². The van der Waals surface area contributed by atoms with Crippen LogP contribution in [0.25, 0.3) is 0 Å². The number of hydrogen-bond acceptors (Lipinski definition) is 7. The molecule has 192 valence electrons. The van der Waals surface area contributed by atoms with Crippen molar-refractivity contribution >= 4 is 16.1 Å². The topological polar surface area (TPSA) is 134 Å². The number of rotatable bonds is 6. The van der Waals surface area contributed by atoms with E-state index in [0.29, 0.717) is 18.4 Å². The van der Waals surface area contributed by atoms with Gasteiger partial charge in [-0.1, -0.05) is 19.6 Å². The first-order valence-corrected chi connectivity index (χ1v) is 12.3. The van der Waals surface area contributed by atoms with E-state index in [0.717, 1.165) is 4.31 Å². The van der Waals surface area contributed by atoms with Crippen LogP contribution in [0.1, 0.15) is 48.2 Å². The van der Waals surface area contributed by atoms with Gasteiger partial charge < -0.3 is 15.2 Å². The van der Waals surface area contributed by atoms with Crippen LogP contribution in [0.15, 0.2) is 29.1 Å². The molecular formula is C22H30FN5O6S. The number of nitrogens with one attached hydrogen (secondary N) is 1. The zero-order valence-electron chi connectivity index (χ0n) is 18.6. The van der Waals surface area contributed by atoms with Gasteiger partial charge in [0.25, 0.3) is 21.7 Å². The summed E-state index contributed by atoms with van der Waals surface area (Å²) in [6.07, 6.45) is 0.895. The number of aromatic hydroxyl groups is 1. The number of morpholine rings is 1. The Balaban J connectivity index is 0.00000342. The molecule has 1 aromatic carbocycles. The number of benzene rings is 1. The molecule has 2 aliphatic heterocycles. The van der Waals surface area contributed by atoms with Crippen LogP contribution in [0.5, 0.6) is 5.75 Å². The Labute approximate surface area is 203 Å². The quantitative estimate of drug-likeness (QED) is 0.591. The minimum absolute atomic E-state index is 0. The normalized spacial score (nSPS) is 18.5. The fourth-order valence-corrected chi connectivity index (χ4v) is 5.59. The lowest BCUT2D eigenvalue weighted by atomic mass is 10.1. The summed E-state index contributed by atoms with van der Waals surface area (Å²) in [6.45, 7) is 1.27. The molecule has 0 radical (unpaired) electrons. The largest absolute Gasteiger partial charge is 0.501 e. The predicted octanol–water partition coefficient (Wildman–Crippen LogP) is 0.998. The Morgan fingerprint density at radius 1 is 1.26 bits per heavy atom. The Morgan fingerprint density at radius 3 is 2.57 bits per heavy atom. The molecule has 2 N–H and O–H groups in total. The Bertz CT molecular complexity index is 1230. The Morgan fingerprint density at radius 2 is 1.91 bits per heavy atom. The average molecular weight is 512 g/mol. The molecule has 1 aromatic heterocycles. The molecule has 35 heavy (non-hydrogen) atoms. The molecule has 3 heterocycles. The van der Waals surface area contributed by atoms with Gasteiger partial charge in [-0.2, -0.15) is 17.0 Å². The van der Waals surface area contributed by atoms with Crippen molar-refractivity contribution in [2.24, 2.45) is 0 Å². The lowest BCUT2D eigenvalue weighted by molar-refractivity contribution is 0.0693. The molecule has 0 bridgehead atoms. The SMILES string of the molecule is C.CN(C1CCCn2c1nc(C(=O)NCc1ccc(F)cc1)c(O)c2=O)S(=O)(=O)N1CCOCC1. The molecule has 0 saturated carbocycles. The molecule has 2 aliphatic rings. The van der Waals surface area contributed by atoms with Crippen molar-refractivity contribution in [2.75, 3.05) is 33.4 Å². The first-order chi connectivity index (χ1) is 16.2. The van der Waals surface area contributed by atoms with Crippen LogP contribution in [0, 0.1) is 5.82 Å². The molecule has 4 rings (SSSR count). The van der Waals surface area contributed by atoms with Gasteiger partial charge in [-0.25, -0.2) is 9.37 Å². The standard InChI is InChI=1S/C21H26FN5O6S.CH4/c1-25(34(31,32)26-9-11-33-12-10-26)16-3-2-8-27-19(16)24-17(18(28)21(27)30)20(29)23-13-14-4-6-15(22)7-5-14;/h4-7,16,28H,2-3,8-13H2,1H3,(H,23,29);1H4. The molecule has 13 heteroatoms. The molecule has 0 aliphatic carbocycles. The third kappa shape index (κ3) is 5.37. The summed E-state index contributed by atoms with van der Waals surface area (Å²) in [7, 11) is -2.46. The number of aromatic nitrogens is 2. The summed E-state index contributed by atoms with van der Waals surface area (Å²) in [4.78, 5) is 29.8. The van der Waals surface area contributed by atoms with Crippen LogP contribution in [0.2, 0.25) is 0 Å². The van der Waals surface area contributed by atoms with Gasteiger partial charge in [-0.15, -0.1) is 0 Å². The Kier molecular flexibility index (Phi) is 8.26. The van der Waals surface area contributed by atoms with Crippen molar-refractivity contribution in [1.82, 2.24) is 23.5 Å². The summed E-state index contributed by atoms with van der Waals surface area (Å²) < 4.78 is 48.4. The number of carbonyl (C=O) groups excluding carboxylic acids is 1. The number of hydrogen-bond donors (Lipinski definition) is 2. The highest BCUT2D eigenvalue weighted by molar-refractivity contribution is 7.86. The molecule has 1 unspecified atom stereocenters. The van der Waals surface area contributed by atoms with Gasteiger partial charge in [-0.3, -0.25) is 14.2 Å². The molecule has 1 amide bonds.